The molecule has 0 amide bonds. The Balaban J connectivity index is 1.81. The molecule has 2 heterocycles. The second-order valence-corrected chi connectivity index (χ2v) is 8.37. The highest BCUT2D eigenvalue weighted by Crippen LogP contribution is 2.51. The molecular weight excluding hydrogens is 365 g/mol. The van der Waals surface area contributed by atoms with Crippen LogP contribution in [-0.2, 0) is 4.79 Å². The molecule has 2 atom stereocenters. The first-order valence-corrected chi connectivity index (χ1v) is 9.87. The van der Waals surface area contributed by atoms with Crippen molar-refractivity contribution in [1.29, 1.82) is 0 Å². The summed E-state index contributed by atoms with van der Waals surface area (Å²) in [7, 11) is 0. The highest BCUT2D eigenvalue weighted by molar-refractivity contribution is 6.01. The molecular formula is C25H22FNO2. The van der Waals surface area contributed by atoms with Gasteiger partial charge in [0.05, 0.1) is 5.54 Å². The van der Waals surface area contributed by atoms with E-state index in [-0.39, 0.29) is 17.5 Å². The van der Waals surface area contributed by atoms with Crippen LogP contribution in [0.2, 0.25) is 0 Å². The van der Waals surface area contributed by atoms with Gasteiger partial charge in [-0.15, -0.1) is 0 Å². The van der Waals surface area contributed by atoms with E-state index in [0.29, 0.717) is 0 Å². The van der Waals surface area contributed by atoms with E-state index in [2.05, 4.69) is 11.4 Å². The molecule has 0 aromatic heterocycles. The van der Waals surface area contributed by atoms with Crippen LogP contribution in [0.5, 0.6) is 5.75 Å². The fourth-order valence-corrected chi connectivity index (χ4v) is 4.68. The van der Waals surface area contributed by atoms with Crippen molar-refractivity contribution in [3.8, 4) is 16.9 Å². The Labute approximate surface area is 169 Å². The normalized spacial score (nSPS) is 21.3. The highest BCUT2D eigenvalue weighted by Gasteiger charge is 2.42. The average Bonchev–Trinajstić information content (AvgIpc) is 2.70. The summed E-state index contributed by atoms with van der Waals surface area (Å²) in [5.74, 6) is 0.299. The second kappa shape index (κ2) is 6.18. The van der Waals surface area contributed by atoms with Crippen molar-refractivity contribution < 1.29 is 13.9 Å². The van der Waals surface area contributed by atoms with Crippen molar-refractivity contribution >= 4 is 11.5 Å². The molecule has 3 aromatic rings. The average molecular weight is 387 g/mol. The Kier molecular flexibility index (Phi) is 3.82. The van der Waals surface area contributed by atoms with Crippen molar-refractivity contribution in [2.24, 2.45) is 0 Å². The molecule has 4 heteroatoms. The number of para-hydroxylation sites is 1. The predicted molar refractivity (Wildman–Crippen MR) is 112 cm³/mol. The minimum Gasteiger partial charge on any atom is -0.480 e. The van der Waals surface area contributed by atoms with Crippen molar-refractivity contribution in [3.63, 3.8) is 0 Å². The Morgan fingerprint density at radius 3 is 2.55 bits per heavy atom. The molecule has 146 valence electrons. The van der Waals surface area contributed by atoms with Crippen LogP contribution >= 0.6 is 0 Å². The zero-order chi connectivity index (χ0) is 20.3. The Bertz CT molecular complexity index is 1150. The lowest BCUT2D eigenvalue weighted by Crippen LogP contribution is -2.47. The summed E-state index contributed by atoms with van der Waals surface area (Å²) in [6.45, 7) is 5.77. The number of ether oxygens (including phenoxy) is 1. The molecule has 29 heavy (non-hydrogen) atoms. The smallest absolute Gasteiger partial charge is 0.164 e. The van der Waals surface area contributed by atoms with Crippen LogP contribution < -0.4 is 10.1 Å². The van der Waals surface area contributed by atoms with Crippen molar-refractivity contribution in [2.75, 3.05) is 5.32 Å². The van der Waals surface area contributed by atoms with E-state index in [1.807, 2.05) is 57.2 Å². The van der Waals surface area contributed by atoms with Crippen LogP contribution in [0, 0.1) is 5.82 Å². The quantitative estimate of drug-likeness (QED) is 0.569. The molecule has 0 radical (unpaired) electrons. The molecule has 2 aliphatic rings. The number of anilines is 1. The van der Waals surface area contributed by atoms with Gasteiger partial charge in [0.25, 0.3) is 0 Å². The molecule has 0 aliphatic carbocycles. The zero-order valence-corrected chi connectivity index (χ0v) is 16.6. The van der Waals surface area contributed by atoms with E-state index >= 15 is 0 Å². The van der Waals surface area contributed by atoms with Crippen LogP contribution in [0.1, 0.15) is 49.5 Å². The lowest BCUT2D eigenvalue weighted by molar-refractivity contribution is -0.123. The molecule has 0 bridgehead atoms. The lowest BCUT2D eigenvalue weighted by Gasteiger charge is -2.40. The first kappa shape index (κ1) is 17.9. The van der Waals surface area contributed by atoms with Crippen LogP contribution in [-0.4, -0.2) is 11.3 Å². The number of nitrogens with one attached hydrogen (secondary N) is 1. The fraction of sp³-hybridized carbons (Fsp3) is 0.240. The Hall–Kier alpha value is -3.14. The molecule has 2 aliphatic heterocycles. The Morgan fingerprint density at radius 1 is 0.966 bits per heavy atom. The highest BCUT2D eigenvalue weighted by atomic mass is 19.1. The number of ketones is 1. The molecule has 0 spiro atoms. The predicted octanol–water partition coefficient (Wildman–Crippen LogP) is 5.85. The summed E-state index contributed by atoms with van der Waals surface area (Å²) in [6, 6.07) is 18.5. The van der Waals surface area contributed by atoms with E-state index in [1.165, 1.54) is 12.1 Å². The number of halogens is 1. The van der Waals surface area contributed by atoms with Gasteiger partial charge in [0.15, 0.2) is 5.78 Å². The number of Topliss-reactive ketones (excluding diaryl/α,β-unsaturated/α-hetero) is 1. The van der Waals surface area contributed by atoms with Gasteiger partial charge in [0, 0.05) is 22.7 Å². The lowest BCUT2D eigenvalue weighted by atomic mass is 9.74. The van der Waals surface area contributed by atoms with Gasteiger partial charge in [0.1, 0.15) is 17.7 Å². The van der Waals surface area contributed by atoms with E-state index in [1.54, 1.807) is 6.07 Å². The summed E-state index contributed by atoms with van der Waals surface area (Å²) >= 11 is 0. The van der Waals surface area contributed by atoms with Crippen LogP contribution in [0.15, 0.2) is 60.7 Å². The van der Waals surface area contributed by atoms with Gasteiger partial charge >= 0.3 is 0 Å². The van der Waals surface area contributed by atoms with Gasteiger partial charge in [-0.05, 0) is 54.8 Å². The van der Waals surface area contributed by atoms with Gasteiger partial charge in [-0.1, -0.05) is 43.3 Å². The Morgan fingerprint density at radius 2 is 1.76 bits per heavy atom. The summed E-state index contributed by atoms with van der Waals surface area (Å²) in [4.78, 5) is 13.1. The van der Waals surface area contributed by atoms with Crippen LogP contribution in [0.3, 0.4) is 0 Å². The molecule has 0 fully saturated rings. The first-order valence-electron chi connectivity index (χ1n) is 9.87. The van der Waals surface area contributed by atoms with Gasteiger partial charge in [-0.25, -0.2) is 4.39 Å². The van der Waals surface area contributed by atoms with Gasteiger partial charge in [0.2, 0.25) is 0 Å². The maximum absolute atomic E-state index is 14.1. The number of carbonyl (C=O) groups excluding carboxylic acids is 1. The number of hydrogen-bond acceptors (Lipinski definition) is 3. The van der Waals surface area contributed by atoms with Crippen molar-refractivity contribution in [3.05, 3.63) is 83.2 Å². The molecule has 3 nitrogen and oxygen atoms in total. The number of fused-ring (bicyclic) bond motifs is 5. The molecule has 1 N–H and O–H groups in total. The van der Waals surface area contributed by atoms with E-state index in [4.69, 9.17) is 4.74 Å². The second-order valence-electron chi connectivity index (χ2n) is 8.37. The van der Waals surface area contributed by atoms with Crippen LogP contribution in [0.25, 0.3) is 11.1 Å². The minimum atomic E-state index is -0.636. The summed E-state index contributed by atoms with van der Waals surface area (Å²) in [6.07, 6.45) is -0.483. The maximum atomic E-state index is 14.1. The molecule has 0 unspecified atom stereocenters. The molecule has 0 saturated heterocycles. The topological polar surface area (TPSA) is 38.3 Å². The van der Waals surface area contributed by atoms with Gasteiger partial charge < -0.3 is 10.1 Å². The third kappa shape index (κ3) is 2.66. The molecule has 5 rings (SSSR count). The van der Waals surface area contributed by atoms with E-state index in [0.717, 1.165) is 39.3 Å². The largest absolute Gasteiger partial charge is 0.480 e. The molecule has 0 saturated carbocycles. The van der Waals surface area contributed by atoms with E-state index in [9.17, 15) is 9.18 Å². The SMILES string of the molecule is C[C@@H]1C(=O)C(C)(C)Nc2ccc3c(c21)[C@H](c1cccc(F)c1)Oc1ccccc1-3. The van der Waals surface area contributed by atoms with Gasteiger partial charge in [-0.3, -0.25) is 4.79 Å². The van der Waals surface area contributed by atoms with Crippen molar-refractivity contribution in [1.82, 2.24) is 0 Å². The minimum absolute atomic E-state index is 0.134. The number of benzene rings is 3. The number of carbonyl (C=O) groups is 1. The van der Waals surface area contributed by atoms with Gasteiger partial charge in [-0.2, -0.15) is 0 Å². The molecule has 3 aromatic carbocycles. The zero-order valence-electron chi connectivity index (χ0n) is 16.6. The standard InChI is InChI=1S/C25H22FNO2/c1-14-21-19(27-25(2,3)24(14)28)12-11-18-17-9-4-5-10-20(17)29-23(22(18)21)15-7-6-8-16(26)13-15/h4-14,23,27H,1-3H3/t14-,23-/m0/s1. The number of hydrogen-bond donors (Lipinski definition) is 1. The van der Waals surface area contributed by atoms with Crippen molar-refractivity contribution in [2.45, 2.75) is 38.3 Å². The third-order valence-corrected chi connectivity index (χ3v) is 6.01. The summed E-state index contributed by atoms with van der Waals surface area (Å²) in [5.41, 5.74) is 4.93. The monoisotopic (exact) mass is 387 g/mol. The maximum Gasteiger partial charge on any atom is 0.164 e. The number of rotatable bonds is 1. The fourth-order valence-electron chi connectivity index (χ4n) is 4.68. The summed E-state index contributed by atoms with van der Waals surface area (Å²) in [5, 5.41) is 3.39. The summed E-state index contributed by atoms with van der Waals surface area (Å²) < 4.78 is 20.4. The van der Waals surface area contributed by atoms with Crippen LogP contribution in [0.4, 0.5) is 10.1 Å². The van der Waals surface area contributed by atoms with E-state index < -0.39 is 11.6 Å². The first-order chi connectivity index (χ1) is 13.9. The third-order valence-electron chi connectivity index (χ3n) is 6.01.